The summed E-state index contributed by atoms with van der Waals surface area (Å²) >= 11 is 0. The van der Waals surface area contributed by atoms with Crippen molar-refractivity contribution >= 4 is 35.8 Å². The molecule has 6 aromatic carbocycles. The van der Waals surface area contributed by atoms with Crippen molar-refractivity contribution < 1.29 is 154 Å². The van der Waals surface area contributed by atoms with Crippen molar-refractivity contribution in [3.05, 3.63) is 75.8 Å². The number of phenols is 17. The van der Waals surface area contributed by atoms with Crippen molar-refractivity contribution in [2.75, 3.05) is 6.61 Å². The van der Waals surface area contributed by atoms with Crippen molar-refractivity contribution in [2.45, 2.75) is 30.7 Å². The molecule has 5 unspecified atom stereocenters. The number of carboxylic acid groups (broad SMARTS) is 1. The number of carbonyl (C=O) groups is 6. The minimum atomic E-state index is -2.81. The lowest BCUT2D eigenvalue weighted by atomic mass is 9.91. The highest BCUT2D eigenvalue weighted by Crippen LogP contribution is 2.56. The highest BCUT2D eigenvalue weighted by molar-refractivity contribution is 6.10. The fraction of sp³-hybridized carbons (Fsp3) is 0.125. The highest BCUT2D eigenvalue weighted by atomic mass is 16.7. The van der Waals surface area contributed by atoms with E-state index in [0.29, 0.717) is 42.5 Å². The van der Waals surface area contributed by atoms with E-state index in [1.165, 1.54) is 0 Å². The smallest absolute Gasteiger partial charge is 0.344 e. The van der Waals surface area contributed by atoms with Crippen LogP contribution in [0.5, 0.6) is 109 Å². The zero-order chi connectivity index (χ0) is 57.7. The Morgan fingerprint density at radius 2 is 0.810 bits per heavy atom. The molecule has 410 valence electrons. The van der Waals surface area contributed by atoms with E-state index in [0.717, 1.165) is 0 Å². The van der Waals surface area contributed by atoms with Gasteiger partial charge in [0.05, 0.1) is 27.8 Å². The van der Waals surface area contributed by atoms with Crippen LogP contribution in [-0.2, 0) is 28.4 Å². The van der Waals surface area contributed by atoms with Crippen LogP contribution in [0.1, 0.15) is 62.1 Å². The van der Waals surface area contributed by atoms with Crippen molar-refractivity contribution in [2.24, 2.45) is 0 Å². The topological polar surface area (TPSA) is 531 Å². The number of carboxylic acids is 1. The van der Waals surface area contributed by atoms with E-state index in [1.807, 2.05) is 0 Å². The van der Waals surface area contributed by atoms with Gasteiger partial charge in [-0.3, -0.25) is 0 Å². The summed E-state index contributed by atoms with van der Waals surface area (Å²) < 4.78 is 39.3. The highest BCUT2D eigenvalue weighted by Gasteiger charge is 2.56. The van der Waals surface area contributed by atoms with Crippen LogP contribution in [0.15, 0.2) is 42.5 Å². The maximum absolute atomic E-state index is 14.7. The van der Waals surface area contributed by atoms with Crippen LogP contribution in [0.3, 0.4) is 0 Å². The number of rotatable bonds is 5. The molecule has 1 saturated heterocycles. The summed E-state index contributed by atoms with van der Waals surface area (Å²) in [5.74, 6) is -37.5. The summed E-state index contributed by atoms with van der Waals surface area (Å²) in [6, 6.07) is 2.82. The van der Waals surface area contributed by atoms with Gasteiger partial charge >= 0.3 is 35.8 Å². The Bertz CT molecular complexity index is 3730. The predicted octanol–water partition coefficient (Wildman–Crippen LogP) is 2.55. The molecule has 0 saturated carbocycles. The molecule has 3 aliphatic heterocycles. The molecule has 3 aliphatic rings. The molecule has 1 fully saturated rings. The molecule has 79 heavy (non-hydrogen) atoms. The third-order valence-corrected chi connectivity index (χ3v) is 12.3. The van der Waals surface area contributed by atoms with Crippen molar-refractivity contribution in [1.82, 2.24) is 0 Å². The first-order chi connectivity index (χ1) is 37.1. The number of ether oxygens (including phenoxy) is 7. The first-order valence-electron chi connectivity index (χ1n) is 21.7. The second-order valence-electron chi connectivity index (χ2n) is 16.9. The first-order valence-corrected chi connectivity index (χ1v) is 21.7. The lowest BCUT2D eigenvalue weighted by Crippen LogP contribution is -2.63. The number of hydrogen-bond donors (Lipinski definition) is 18. The van der Waals surface area contributed by atoms with Crippen LogP contribution in [0.25, 0.3) is 22.3 Å². The van der Waals surface area contributed by atoms with Crippen LogP contribution in [0.2, 0.25) is 0 Å². The van der Waals surface area contributed by atoms with E-state index in [4.69, 9.17) is 33.2 Å². The van der Waals surface area contributed by atoms with E-state index in [2.05, 4.69) is 0 Å². The van der Waals surface area contributed by atoms with Gasteiger partial charge in [0, 0.05) is 28.3 Å². The average molecular weight is 1100 g/mol. The van der Waals surface area contributed by atoms with Crippen LogP contribution < -0.4 is 4.74 Å². The summed E-state index contributed by atoms with van der Waals surface area (Å²) in [5.41, 5.74) is -11.3. The molecule has 0 radical (unpaired) electrons. The van der Waals surface area contributed by atoms with Gasteiger partial charge in [0.15, 0.2) is 81.2 Å². The Labute approximate surface area is 433 Å². The predicted molar refractivity (Wildman–Crippen MR) is 244 cm³/mol. The van der Waals surface area contributed by atoms with Gasteiger partial charge in [-0.25, -0.2) is 28.8 Å². The summed E-state index contributed by atoms with van der Waals surface area (Å²) in [6.45, 7) is -1.39. The van der Waals surface area contributed by atoms with Gasteiger partial charge in [-0.2, -0.15) is 0 Å². The number of aromatic hydroxyl groups is 17. The molecule has 0 aromatic heterocycles. The zero-order valence-electron chi connectivity index (χ0n) is 38.5. The molecule has 0 bridgehead atoms. The maximum Gasteiger partial charge on any atom is 0.344 e. The van der Waals surface area contributed by atoms with Gasteiger partial charge in [-0.1, -0.05) is 0 Å². The number of hydrogen-bond acceptors (Lipinski definition) is 30. The molecule has 31 heteroatoms. The van der Waals surface area contributed by atoms with E-state index in [1.54, 1.807) is 0 Å². The fourth-order valence-electron chi connectivity index (χ4n) is 8.50. The molecular weight excluding hydrogens is 1070 g/mol. The molecule has 0 aliphatic carbocycles. The number of benzene rings is 6. The minimum Gasteiger partial charge on any atom is -0.504 e. The molecule has 31 nitrogen and oxygen atoms in total. The number of phenolic OH excluding ortho intramolecular Hbond substituents is 17. The number of aromatic carboxylic acids is 1. The van der Waals surface area contributed by atoms with Gasteiger partial charge < -0.3 is 125 Å². The number of esters is 5. The minimum absolute atomic E-state index is 0.295. The lowest BCUT2D eigenvalue weighted by Gasteiger charge is -2.44. The average Bonchev–Trinajstić information content (AvgIpc) is 3.54. The van der Waals surface area contributed by atoms with Crippen molar-refractivity contribution in [3.63, 3.8) is 0 Å². The van der Waals surface area contributed by atoms with Crippen LogP contribution in [0.4, 0.5) is 0 Å². The third kappa shape index (κ3) is 8.40. The molecule has 0 spiro atoms. The number of fused-ring (bicyclic) bond motifs is 9. The second kappa shape index (κ2) is 18.7. The largest absolute Gasteiger partial charge is 0.504 e. The molecule has 5 atom stereocenters. The van der Waals surface area contributed by atoms with Gasteiger partial charge in [0.25, 0.3) is 0 Å². The Morgan fingerprint density at radius 3 is 1.25 bits per heavy atom. The molecule has 0 amide bonds. The lowest BCUT2D eigenvalue weighted by molar-refractivity contribution is -0.282. The molecular formula is C48H32O31. The first kappa shape index (κ1) is 52.4. The van der Waals surface area contributed by atoms with E-state index in [-0.39, 0.29) is 0 Å². The van der Waals surface area contributed by atoms with Crippen LogP contribution in [-0.4, -0.2) is 165 Å². The van der Waals surface area contributed by atoms with Gasteiger partial charge in [0.1, 0.15) is 18.3 Å². The summed E-state index contributed by atoms with van der Waals surface area (Å²) in [7, 11) is 0. The van der Waals surface area contributed by atoms with E-state index < -0.39 is 238 Å². The monoisotopic (exact) mass is 1100 g/mol. The standard InChI is InChI=1S/C48H32O31/c49-15-1-9(42(66)67)2-21(27(15)55)74-38-14(7-20(54)32(60)37(38)65)47(72)79-48-41-40(77-45(70)12-5-18(52)30(58)35(63)25(12)26-13(46(71)78-41)6-19(53)31(59)36(26)64)39-22(75-48)8-73-43(68)10-3-16(50)28(56)33(61)23(10)24-11(44(69)76-39)4-17(51)29(57)34(24)62/h1-7,22,39-41,48-65H,8H2,(H,66,67). The van der Waals surface area contributed by atoms with Gasteiger partial charge in [-0.15, -0.1) is 0 Å². The molecule has 3 heterocycles. The third-order valence-electron chi connectivity index (χ3n) is 12.3. The van der Waals surface area contributed by atoms with E-state index >= 15 is 0 Å². The molecule has 9 rings (SSSR count). The maximum atomic E-state index is 14.7. The SMILES string of the molecule is O=C(O)c1cc(O)c(O)c(Oc2c(C(=O)OC3OC4COC(=O)c5cc(O)c(O)c(O)c5-c5c(cc(O)c(O)c5O)C(=O)OC4C4OC(=O)c5cc(O)c(O)c(O)c5-c5c(cc(O)c(O)c5O)C(=O)OC34)cc(O)c(O)c2O)c1. The Kier molecular flexibility index (Phi) is 12.4. The Morgan fingerprint density at radius 1 is 0.430 bits per heavy atom. The van der Waals surface area contributed by atoms with Crippen LogP contribution in [0, 0.1) is 0 Å². The van der Waals surface area contributed by atoms with Gasteiger partial charge in [0.2, 0.25) is 52.6 Å². The summed E-state index contributed by atoms with van der Waals surface area (Å²) in [6.07, 6.45) is -13.2. The summed E-state index contributed by atoms with van der Waals surface area (Å²) in [5, 5.41) is 192. The number of carbonyl (C=O) groups excluding carboxylic acids is 5. The Hall–Kier alpha value is -11.5. The quantitative estimate of drug-likeness (QED) is 0.0670. The van der Waals surface area contributed by atoms with Crippen molar-refractivity contribution in [3.8, 4) is 131 Å². The van der Waals surface area contributed by atoms with Crippen molar-refractivity contribution in [1.29, 1.82) is 0 Å². The van der Waals surface area contributed by atoms with Gasteiger partial charge in [-0.05, 0) is 36.4 Å². The zero-order valence-corrected chi connectivity index (χ0v) is 38.5. The van der Waals surface area contributed by atoms with E-state index in [9.17, 15) is 121 Å². The summed E-state index contributed by atoms with van der Waals surface area (Å²) in [4.78, 5) is 84.3. The molecule has 6 aromatic rings. The fourth-order valence-corrected chi connectivity index (χ4v) is 8.50. The number of cyclic esters (lactones) is 1. The normalized spacial score (nSPS) is 18.7. The second-order valence-corrected chi connectivity index (χ2v) is 16.9. The Balaban J connectivity index is 1.26. The molecule has 18 N–H and O–H groups in total. The van der Waals surface area contributed by atoms with Crippen LogP contribution >= 0.6 is 0 Å².